The molecule has 0 aromatic carbocycles. The molecule has 1 fully saturated rings. The predicted molar refractivity (Wildman–Crippen MR) is 77.3 cm³/mol. The zero-order valence-corrected chi connectivity index (χ0v) is 13.1. The lowest BCUT2D eigenvalue weighted by Crippen LogP contribution is -2.50. The number of Topliss-reactive ketones (excluding diaryl/α,β-unsaturated/α-hetero) is 1. The molecule has 1 heterocycles. The van der Waals surface area contributed by atoms with Crippen molar-refractivity contribution in [1.82, 2.24) is 4.90 Å². The van der Waals surface area contributed by atoms with Crippen LogP contribution in [0.2, 0.25) is 0 Å². The average molecular weight is 313 g/mol. The van der Waals surface area contributed by atoms with Gasteiger partial charge in [0.25, 0.3) is 0 Å². The van der Waals surface area contributed by atoms with Gasteiger partial charge in [0.2, 0.25) is 17.7 Å². The van der Waals surface area contributed by atoms with Crippen molar-refractivity contribution >= 4 is 23.5 Å². The Morgan fingerprint density at radius 3 is 2.41 bits per heavy atom. The molecule has 1 rings (SSSR count). The van der Waals surface area contributed by atoms with E-state index in [0.717, 1.165) is 0 Å². The second kappa shape index (κ2) is 6.87. The molecule has 22 heavy (non-hydrogen) atoms. The van der Waals surface area contributed by atoms with Crippen LogP contribution >= 0.6 is 0 Å². The largest absolute Gasteiger partial charge is 0.370 e. The maximum atomic E-state index is 12.2. The molecule has 0 aromatic rings. The van der Waals surface area contributed by atoms with E-state index in [1.807, 2.05) is 13.8 Å². The molecular formula is C14H23N3O5. The van der Waals surface area contributed by atoms with Crippen molar-refractivity contribution in [2.45, 2.75) is 45.3 Å². The highest BCUT2D eigenvalue weighted by molar-refractivity contribution is 5.98. The van der Waals surface area contributed by atoms with Crippen LogP contribution in [0.4, 0.5) is 0 Å². The molecule has 0 aromatic heterocycles. The summed E-state index contributed by atoms with van der Waals surface area (Å²) in [6.07, 6.45) is -0.381. The van der Waals surface area contributed by atoms with Gasteiger partial charge in [-0.3, -0.25) is 19.2 Å². The fourth-order valence-corrected chi connectivity index (χ4v) is 2.51. The van der Waals surface area contributed by atoms with Gasteiger partial charge in [-0.2, -0.15) is 0 Å². The molecule has 0 saturated carbocycles. The Morgan fingerprint density at radius 1 is 1.32 bits per heavy atom. The van der Waals surface area contributed by atoms with E-state index in [4.69, 9.17) is 16.2 Å². The van der Waals surface area contributed by atoms with Crippen molar-refractivity contribution in [3.05, 3.63) is 0 Å². The Kier molecular flexibility index (Phi) is 5.65. The van der Waals surface area contributed by atoms with E-state index in [0.29, 0.717) is 6.42 Å². The van der Waals surface area contributed by atoms with E-state index in [1.54, 1.807) is 0 Å². The third-order valence-corrected chi connectivity index (χ3v) is 3.78. The topological polar surface area (TPSA) is 133 Å². The SMILES string of the molecule is CN(C(=O)CCC(C)(C)CC(N)=O)C1C(=O)COC1C(N)=O. The molecule has 4 N–H and O–H groups in total. The summed E-state index contributed by atoms with van der Waals surface area (Å²) < 4.78 is 5.03. The fourth-order valence-electron chi connectivity index (χ4n) is 2.51. The highest BCUT2D eigenvalue weighted by Gasteiger charge is 2.43. The summed E-state index contributed by atoms with van der Waals surface area (Å²) in [7, 11) is 1.44. The number of nitrogens with zero attached hydrogens (tertiary/aromatic N) is 1. The normalized spacial score (nSPS) is 21.7. The Morgan fingerprint density at radius 2 is 1.91 bits per heavy atom. The van der Waals surface area contributed by atoms with Crippen molar-refractivity contribution < 1.29 is 23.9 Å². The second-order valence-electron chi connectivity index (χ2n) is 6.36. The van der Waals surface area contributed by atoms with E-state index in [-0.39, 0.29) is 31.1 Å². The van der Waals surface area contributed by atoms with Crippen molar-refractivity contribution in [3.63, 3.8) is 0 Å². The predicted octanol–water partition coefficient (Wildman–Crippen LogP) is -1.05. The minimum atomic E-state index is -1.11. The Hall–Kier alpha value is -1.96. The molecule has 0 bridgehead atoms. The number of carbonyl (C=O) groups excluding carboxylic acids is 4. The van der Waals surface area contributed by atoms with Crippen LogP contribution in [0.15, 0.2) is 0 Å². The number of rotatable bonds is 7. The maximum Gasteiger partial charge on any atom is 0.249 e. The van der Waals surface area contributed by atoms with Crippen molar-refractivity contribution in [1.29, 1.82) is 0 Å². The standard InChI is InChI=1S/C14H23N3O5/c1-14(2,6-9(15)19)5-4-10(20)17(3)11-8(18)7-22-12(11)13(16)21/h11-12H,4-7H2,1-3H3,(H2,15,19)(H2,16,21). The van der Waals surface area contributed by atoms with E-state index in [2.05, 4.69) is 0 Å². The zero-order valence-electron chi connectivity index (χ0n) is 13.1. The van der Waals surface area contributed by atoms with Crippen LogP contribution in [0.1, 0.15) is 33.1 Å². The Bertz CT molecular complexity index is 489. The molecule has 0 radical (unpaired) electrons. The number of nitrogens with two attached hydrogens (primary N) is 2. The van der Waals surface area contributed by atoms with Gasteiger partial charge in [0.05, 0.1) is 0 Å². The number of ketones is 1. The van der Waals surface area contributed by atoms with Gasteiger partial charge in [-0.1, -0.05) is 13.8 Å². The molecule has 1 aliphatic heterocycles. The molecule has 124 valence electrons. The van der Waals surface area contributed by atoms with Gasteiger partial charge in [-0.15, -0.1) is 0 Å². The Labute approximate surface area is 129 Å². The molecule has 2 unspecified atom stereocenters. The molecule has 2 atom stereocenters. The van der Waals surface area contributed by atoms with E-state index >= 15 is 0 Å². The van der Waals surface area contributed by atoms with E-state index < -0.39 is 29.4 Å². The average Bonchev–Trinajstić information content (AvgIpc) is 2.75. The minimum absolute atomic E-state index is 0.131. The highest BCUT2D eigenvalue weighted by atomic mass is 16.5. The highest BCUT2D eigenvalue weighted by Crippen LogP contribution is 2.27. The second-order valence-corrected chi connectivity index (χ2v) is 6.36. The summed E-state index contributed by atoms with van der Waals surface area (Å²) in [5.41, 5.74) is 9.93. The Balaban J connectivity index is 2.66. The van der Waals surface area contributed by atoms with Crippen LogP contribution in [-0.4, -0.2) is 54.2 Å². The van der Waals surface area contributed by atoms with Crippen molar-refractivity contribution in [2.75, 3.05) is 13.7 Å². The lowest BCUT2D eigenvalue weighted by Gasteiger charge is -2.28. The summed E-state index contributed by atoms with van der Waals surface area (Å²) in [6.45, 7) is 3.44. The van der Waals surface area contributed by atoms with Crippen molar-refractivity contribution in [2.24, 2.45) is 16.9 Å². The molecular weight excluding hydrogens is 290 g/mol. The molecule has 3 amide bonds. The number of hydrogen-bond acceptors (Lipinski definition) is 5. The smallest absolute Gasteiger partial charge is 0.249 e. The number of likely N-dealkylation sites (N-methyl/N-ethyl adjacent to an activating group) is 1. The summed E-state index contributed by atoms with van der Waals surface area (Å²) in [5.74, 6) is -1.87. The van der Waals surface area contributed by atoms with Crippen LogP contribution in [0.3, 0.4) is 0 Å². The van der Waals surface area contributed by atoms with Gasteiger partial charge in [0.1, 0.15) is 12.6 Å². The first kappa shape index (κ1) is 18.1. The van der Waals surface area contributed by atoms with E-state index in [9.17, 15) is 19.2 Å². The quantitative estimate of drug-likeness (QED) is 0.618. The number of hydrogen-bond donors (Lipinski definition) is 2. The minimum Gasteiger partial charge on any atom is -0.370 e. The van der Waals surface area contributed by atoms with Gasteiger partial charge in [-0.25, -0.2) is 0 Å². The third kappa shape index (κ3) is 4.52. The summed E-state index contributed by atoms with van der Waals surface area (Å²) in [5, 5.41) is 0. The fraction of sp³-hybridized carbons (Fsp3) is 0.714. The molecule has 8 nitrogen and oxygen atoms in total. The molecule has 1 aliphatic rings. The summed E-state index contributed by atoms with van der Waals surface area (Å²) >= 11 is 0. The van der Waals surface area contributed by atoms with Gasteiger partial charge in [0.15, 0.2) is 11.9 Å². The first-order valence-corrected chi connectivity index (χ1v) is 7.03. The summed E-state index contributed by atoms with van der Waals surface area (Å²) in [4.78, 5) is 47.5. The number of ether oxygens (including phenoxy) is 1. The lowest BCUT2D eigenvalue weighted by atomic mass is 9.84. The van der Waals surface area contributed by atoms with Crippen LogP contribution < -0.4 is 11.5 Å². The van der Waals surface area contributed by atoms with Gasteiger partial charge >= 0.3 is 0 Å². The zero-order chi connectivity index (χ0) is 17.1. The van der Waals surface area contributed by atoms with Crippen LogP contribution in [-0.2, 0) is 23.9 Å². The van der Waals surface area contributed by atoms with Crippen molar-refractivity contribution in [3.8, 4) is 0 Å². The van der Waals surface area contributed by atoms with Crippen LogP contribution in [0.25, 0.3) is 0 Å². The van der Waals surface area contributed by atoms with Gasteiger partial charge in [-0.05, 0) is 11.8 Å². The van der Waals surface area contributed by atoms with Crippen LogP contribution in [0, 0.1) is 5.41 Å². The lowest BCUT2D eigenvalue weighted by molar-refractivity contribution is -0.140. The number of carbonyl (C=O) groups is 4. The molecule has 0 spiro atoms. The van der Waals surface area contributed by atoms with E-state index in [1.165, 1.54) is 11.9 Å². The molecule has 1 saturated heterocycles. The molecule has 0 aliphatic carbocycles. The first-order valence-electron chi connectivity index (χ1n) is 7.03. The first-order chi connectivity index (χ1) is 10.0. The summed E-state index contributed by atoms with van der Waals surface area (Å²) in [6, 6.07) is -0.982. The monoisotopic (exact) mass is 313 g/mol. The number of primary amides is 2. The van der Waals surface area contributed by atoms with Gasteiger partial charge in [0, 0.05) is 19.9 Å². The van der Waals surface area contributed by atoms with Gasteiger partial charge < -0.3 is 21.1 Å². The number of amides is 3. The maximum absolute atomic E-state index is 12.2. The van der Waals surface area contributed by atoms with Crippen LogP contribution in [0.5, 0.6) is 0 Å². The molecule has 8 heteroatoms. The third-order valence-electron chi connectivity index (χ3n) is 3.78.